The van der Waals surface area contributed by atoms with Crippen molar-refractivity contribution in [2.75, 3.05) is 0 Å². The van der Waals surface area contributed by atoms with Gasteiger partial charge in [-0.3, -0.25) is 0 Å². The molecule has 2 heteroatoms. The van der Waals surface area contributed by atoms with Crippen LogP contribution in [0.25, 0.3) is 0 Å². The van der Waals surface area contributed by atoms with E-state index in [1.807, 2.05) is 0 Å². The lowest BCUT2D eigenvalue weighted by Crippen LogP contribution is -3.00. The number of benzene rings is 1. The Morgan fingerprint density at radius 3 is 1.92 bits per heavy atom. The number of halogens is 1. The standard InChI is InChI=1S/C22H36N.ClH/c1-9-13-22(8)14-21(6,7)23(15-22)20-18(16(2)3)11-10-12-19(20)17(4)5;/h10-12,15-17H,9,13-14H2,1-8H3;1H/q+1;/p-1. The average molecular weight is 350 g/mol. The van der Waals surface area contributed by atoms with Gasteiger partial charge in [0.15, 0.2) is 11.8 Å². The highest BCUT2D eigenvalue weighted by atomic mass is 35.5. The largest absolute Gasteiger partial charge is 1.00 e. The zero-order valence-corrected chi connectivity index (χ0v) is 17.7. The monoisotopic (exact) mass is 349 g/mol. The number of para-hydroxylation sites is 1. The van der Waals surface area contributed by atoms with Crippen molar-refractivity contribution in [2.45, 2.75) is 92.0 Å². The minimum atomic E-state index is 0. The summed E-state index contributed by atoms with van der Waals surface area (Å²) in [5.74, 6) is 1.09. The van der Waals surface area contributed by atoms with Crippen LogP contribution >= 0.6 is 0 Å². The van der Waals surface area contributed by atoms with Crippen molar-refractivity contribution in [1.82, 2.24) is 0 Å². The van der Waals surface area contributed by atoms with E-state index in [0.717, 1.165) is 0 Å². The summed E-state index contributed by atoms with van der Waals surface area (Å²) in [5.41, 5.74) is 4.94. The van der Waals surface area contributed by atoms with E-state index in [1.54, 1.807) is 0 Å². The van der Waals surface area contributed by atoms with Crippen LogP contribution in [-0.2, 0) is 0 Å². The van der Waals surface area contributed by atoms with Crippen LogP contribution in [0.2, 0.25) is 0 Å². The lowest BCUT2D eigenvalue weighted by Gasteiger charge is -2.24. The summed E-state index contributed by atoms with van der Waals surface area (Å²) in [6.07, 6.45) is 6.30. The second-order valence-corrected chi connectivity index (χ2v) is 8.99. The molecule has 1 unspecified atom stereocenters. The molecule has 1 aromatic rings. The molecule has 0 amide bonds. The Balaban J connectivity index is 0.00000288. The first-order valence-electron chi connectivity index (χ1n) is 9.39. The highest BCUT2D eigenvalue weighted by Crippen LogP contribution is 2.45. The van der Waals surface area contributed by atoms with Gasteiger partial charge in [0.05, 0.1) is 5.41 Å². The molecule has 0 bridgehead atoms. The molecule has 0 aromatic heterocycles. The van der Waals surface area contributed by atoms with E-state index in [1.165, 1.54) is 36.1 Å². The van der Waals surface area contributed by atoms with Crippen molar-refractivity contribution in [3.63, 3.8) is 0 Å². The van der Waals surface area contributed by atoms with Crippen molar-refractivity contribution >= 4 is 11.9 Å². The zero-order valence-electron chi connectivity index (χ0n) is 16.9. The fourth-order valence-corrected chi connectivity index (χ4v) is 4.49. The van der Waals surface area contributed by atoms with Crippen LogP contribution in [0.3, 0.4) is 0 Å². The summed E-state index contributed by atoms with van der Waals surface area (Å²) in [5, 5.41) is 0. The molecule has 1 aromatic carbocycles. The van der Waals surface area contributed by atoms with Crippen LogP contribution in [0.5, 0.6) is 0 Å². The minimum Gasteiger partial charge on any atom is -1.00 e. The fourth-order valence-electron chi connectivity index (χ4n) is 4.49. The van der Waals surface area contributed by atoms with Crippen molar-refractivity contribution < 1.29 is 17.0 Å². The van der Waals surface area contributed by atoms with Gasteiger partial charge in [0.25, 0.3) is 0 Å². The summed E-state index contributed by atoms with van der Waals surface area (Å²) < 4.78 is 2.62. The number of nitrogens with zero attached hydrogens (tertiary/aromatic N) is 1. The Hall–Kier alpha value is -0.820. The zero-order chi connectivity index (χ0) is 17.4. The number of hydrogen-bond acceptors (Lipinski definition) is 0. The SMILES string of the molecule is CCCC1(C)C=[N+](c2c(C(C)C)cccc2C(C)C)C(C)(C)C1.[Cl-]. The molecule has 0 spiro atoms. The Kier molecular flexibility index (Phi) is 6.72. The number of rotatable bonds is 5. The van der Waals surface area contributed by atoms with Crippen LogP contribution in [0, 0.1) is 5.41 Å². The second-order valence-electron chi connectivity index (χ2n) is 8.99. The molecule has 24 heavy (non-hydrogen) atoms. The quantitative estimate of drug-likeness (QED) is 0.714. The highest BCUT2D eigenvalue weighted by Gasteiger charge is 2.49. The van der Waals surface area contributed by atoms with Crippen molar-refractivity contribution in [2.24, 2.45) is 5.41 Å². The van der Waals surface area contributed by atoms with Crippen LogP contribution in [0.15, 0.2) is 18.2 Å². The average Bonchev–Trinajstić information content (AvgIpc) is 2.67. The molecule has 1 heterocycles. The molecule has 0 aliphatic carbocycles. The molecule has 1 aliphatic heterocycles. The van der Waals surface area contributed by atoms with Gasteiger partial charge in [-0.15, -0.1) is 0 Å². The van der Waals surface area contributed by atoms with E-state index in [2.05, 4.69) is 84.4 Å². The molecule has 1 aliphatic rings. The number of hydrogen-bond donors (Lipinski definition) is 0. The van der Waals surface area contributed by atoms with Crippen LogP contribution in [-0.4, -0.2) is 16.3 Å². The van der Waals surface area contributed by atoms with Gasteiger partial charge >= 0.3 is 0 Å². The van der Waals surface area contributed by atoms with E-state index >= 15 is 0 Å². The maximum atomic E-state index is 2.62. The molecule has 0 saturated carbocycles. The summed E-state index contributed by atoms with van der Waals surface area (Å²) in [7, 11) is 0. The van der Waals surface area contributed by atoms with Gasteiger partial charge in [0.1, 0.15) is 0 Å². The van der Waals surface area contributed by atoms with Crippen molar-refractivity contribution in [3.8, 4) is 0 Å². The Labute approximate surface area is 156 Å². The Morgan fingerprint density at radius 2 is 1.50 bits per heavy atom. The van der Waals surface area contributed by atoms with Gasteiger partial charge in [-0.05, 0) is 18.3 Å². The first-order chi connectivity index (χ1) is 10.6. The maximum Gasteiger partial charge on any atom is 0.212 e. The van der Waals surface area contributed by atoms with Gasteiger partial charge in [-0.25, -0.2) is 0 Å². The molecule has 0 saturated heterocycles. The molecule has 2 rings (SSSR count). The molecule has 136 valence electrons. The van der Waals surface area contributed by atoms with Gasteiger partial charge in [-0.2, -0.15) is 4.58 Å². The first-order valence-corrected chi connectivity index (χ1v) is 9.39. The lowest BCUT2D eigenvalue weighted by molar-refractivity contribution is -0.513. The van der Waals surface area contributed by atoms with E-state index < -0.39 is 0 Å². The Morgan fingerprint density at radius 1 is 1.00 bits per heavy atom. The molecule has 1 nitrogen and oxygen atoms in total. The first kappa shape index (κ1) is 21.2. The van der Waals surface area contributed by atoms with Crippen molar-refractivity contribution in [3.05, 3.63) is 29.3 Å². The highest BCUT2D eigenvalue weighted by molar-refractivity contribution is 5.66. The topological polar surface area (TPSA) is 3.01 Å². The van der Waals surface area contributed by atoms with E-state index in [-0.39, 0.29) is 17.9 Å². The van der Waals surface area contributed by atoms with Crippen LogP contribution in [0.4, 0.5) is 5.69 Å². The van der Waals surface area contributed by atoms with E-state index in [0.29, 0.717) is 17.3 Å². The predicted octanol–water partition coefficient (Wildman–Crippen LogP) is 3.64. The molecule has 1 atom stereocenters. The normalized spacial score (nSPS) is 22.7. The van der Waals surface area contributed by atoms with Gasteiger partial charge in [0, 0.05) is 31.4 Å². The van der Waals surface area contributed by atoms with E-state index in [9.17, 15) is 0 Å². The molecule has 0 radical (unpaired) electrons. The minimum absolute atomic E-state index is 0. The fraction of sp³-hybridized carbons (Fsp3) is 0.682. The molecule has 0 N–H and O–H groups in total. The summed E-state index contributed by atoms with van der Waals surface area (Å²) in [4.78, 5) is 0. The predicted molar refractivity (Wildman–Crippen MR) is 102 cm³/mol. The third kappa shape index (κ3) is 4.04. The third-order valence-electron chi connectivity index (χ3n) is 5.33. The maximum absolute atomic E-state index is 2.62. The summed E-state index contributed by atoms with van der Waals surface area (Å²) in [6.45, 7) is 18.8. The van der Waals surface area contributed by atoms with Gasteiger partial charge in [-0.1, -0.05) is 66.2 Å². The van der Waals surface area contributed by atoms with Crippen LogP contribution in [0.1, 0.15) is 97.6 Å². The van der Waals surface area contributed by atoms with Gasteiger partial charge in [0.2, 0.25) is 5.69 Å². The van der Waals surface area contributed by atoms with Gasteiger partial charge < -0.3 is 12.4 Å². The summed E-state index contributed by atoms with van der Waals surface area (Å²) in [6, 6.07) is 6.89. The second kappa shape index (κ2) is 7.60. The van der Waals surface area contributed by atoms with Crippen LogP contribution < -0.4 is 12.4 Å². The third-order valence-corrected chi connectivity index (χ3v) is 5.33. The molecule has 0 fully saturated rings. The molecular weight excluding hydrogens is 314 g/mol. The lowest BCUT2D eigenvalue weighted by atomic mass is 9.80. The Bertz CT molecular complexity index is 572. The van der Waals surface area contributed by atoms with Crippen molar-refractivity contribution in [1.29, 1.82) is 0 Å². The van der Waals surface area contributed by atoms with E-state index in [4.69, 9.17) is 0 Å². The smallest absolute Gasteiger partial charge is 0.212 e. The summed E-state index contributed by atoms with van der Waals surface area (Å²) >= 11 is 0. The molecular formula is C22H36ClN.